The van der Waals surface area contributed by atoms with Gasteiger partial charge in [-0.1, -0.05) is 0 Å². The van der Waals surface area contributed by atoms with Gasteiger partial charge in [-0.2, -0.15) is 4.73 Å². The Morgan fingerprint density at radius 2 is 1.95 bits per heavy atom. The number of carboxylic acid groups (broad SMARTS) is 1. The molecule has 4 atom stereocenters. The largest absolute Gasteiger partial charge is 0.476 e. The Morgan fingerprint density at radius 3 is 2.50 bits per heavy atom. The van der Waals surface area contributed by atoms with Gasteiger partial charge in [0.25, 0.3) is 6.29 Å². The summed E-state index contributed by atoms with van der Waals surface area (Å²) < 4.78 is 11.9. The van der Waals surface area contributed by atoms with Gasteiger partial charge in [0.15, 0.2) is 5.69 Å². The number of methoxy groups -OCH3 is 1. The molecule has 8 nitrogen and oxygen atoms in total. The van der Waals surface area contributed by atoms with E-state index in [1.54, 1.807) is 26.8 Å². The number of carbonyl (C=O) groups is 1. The van der Waals surface area contributed by atoms with Gasteiger partial charge in [-0.05, 0) is 32.9 Å². The Kier molecular flexibility index (Phi) is 4.48. The van der Waals surface area contributed by atoms with E-state index >= 15 is 0 Å². The van der Waals surface area contributed by atoms with Gasteiger partial charge < -0.3 is 29.6 Å². The van der Waals surface area contributed by atoms with Crippen molar-refractivity contribution in [2.45, 2.75) is 51.0 Å². The molecular weight excluding hydrogens is 294 g/mol. The second kappa shape index (κ2) is 5.88. The van der Waals surface area contributed by atoms with E-state index in [4.69, 9.17) is 19.4 Å². The molecule has 0 bridgehead atoms. The van der Waals surface area contributed by atoms with Crippen molar-refractivity contribution >= 4 is 5.97 Å². The van der Waals surface area contributed by atoms with Crippen LogP contribution in [-0.2, 0) is 9.47 Å². The summed E-state index contributed by atoms with van der Waals surface area (Å²) in [4.78, 5) is 16.7. The second-order valence-corrected chi connectivity index (χ2v) is 5.79. The predicted molar refractivity (Wildman–Crippen MR) is 74.5 cm³/mol. The van der Waals surface area contributed by atoms with Crippen LogP contribution in [0.3, 0.4) is 0 Å². The molecule has 0 aliphatic carbocycles. The zero-order chi connectivity index (χ0) is 16.7. The van der Waals surface area contributed by atoms with Crippen molar-refractivity contribution in [3.8, 4) is 0 Å². The lowest BCUT2D eigenvalue weighted by molar-refractivity contribution is -0.326. The van der Waals surface area contributed by atoms with E-state index in [9.17, 15) is 15.0 Å². The van der Waals surface area contributed by atoms with Crippen molar-refractivity contribution in [1.29, 1.82) is 0 Å². The number of ether oxygens (including phenoxy) is 2. The van der Waals surface area contributed by atoms with Gasteiger partial charge in [0.1, 0.15) is 18.3 Å². The molecule has 8 heteroatoms. The number of hydrogen-bond donors (Lipinski definition) is 3. The third-order valence-electron chi connectivity index (χ3n) is 3.75. The van der Waals surface area contributed by atoms with E-state index < -0.39 is 36.2 Å². The smallest absolute Gasteiger partial charge is 0.355 e. The first-order chi connectivity index (χ1) is 10.2. The predicted octanol–water partition coefficient (Wildman–Crippen LogP) is -0.205. The minimum absolute atomic E-state index is 0.102. The molecule has 1 aromatic heterocycles. The molecule has 2 rings (SSSR count). The summed E-state index contributed by atoms with van der Waals surface area (Å²) in [6, 6.07) is 2.95. The molecule has 0 radical (unpaired) electrons. The van der Waals surface area contributed by atoms with Gasteiger partial charge in [0.2, 0.25) is 0 Å². The SMILES string of the molecule is CO[C@@H]1[C@H](O)[C@@H](O)[C@@H](On2c(C)ccc2C(=O)O)OC1(C)C. The number of aliphatic hydroxyl groups is 2. The van der Waals surface area contributed by atoms with Crippen LogP contribution >= 0.6 is 0 Å². The Balaban J connectivity index is 2.27. The molecule has 0 amide bonds. The normalized spacial score (nSPS) is 31.0. The van der Waals surface area contributed by atoms with Crippen molar-refractivity contribution in [3.63, 3.8) is 0 Å². The molecule has 1 fully saturated rings. The molecule has 1 aliphatic heterocycles. The van der Waals surface area contributed by atoms with Crippen molar-refractivity contribution in [2.24, 2.45) is 0 Å². The Hall–Kier alpha value is -1.61. The number of aryl methyl sites for hydroxylation is 1. The van der Waals surface area contributed by atoms with Crippen molar-refractivity contribution in [3.05, 3.63) is 23.5 Å². The number of hydrogen-bond acceptors (Lipinski definition) is 6. The van der Waals surface area contributed by atoms with Crippen molar-refractivity contribution < 1.29 is 34.4 Å². The molecule has 0 spiro atoms. The zero-order valence-electron chi connectivity index (χ0n) is 12.9. The lowest BCUT2D eigenvalue weighted by Crippen LogP contribution is -2.64. The molecule has 2 heterocycles. The molecule has 22 heavy (non-hydrogen) atoms. The fraction of sp³-hybridized carbons (Fsp3) is 0.643. The number of aromatic nitrogens is 1. The number of rotatable bonds is 4. The summed E-state index contributed by atoms with van der Waals surface area (Å²) in [7, 11) is 1.41. The molecule has 1 aromatic rings. The van der Waals surface area contributed by atoms with Crippen LogP contribution in [0.4, 0.5) is 0 Å². The fourth-order valence-corrected chi connectivity index (χ4v) is 2.62. The van der Waals surface area contributed by atoms with Crippen LogP contribution in [0.1, 0.15) is 30.0 Å². The van der Waals surface area contributed by atoms with Crippen LogP contribution in [0.5, 0.6) is 0 Å². The number of carboxylic acids is 1. The van der Waals surface area contributed by atoms with Crippen LogP contribution in [-0.4, -0.2) is 63.3 Å². The maximum absolute atomic E-state index is 11.2. The number of aromatic carboxylic acids is 1. The average Bonchev–Trinajstić information content (AvgIpc) is 2.77. The van der Waals surface area contributed by atoms with Crippen LogP contribution in [0.25, 0.3) is 0 Å². The van der Waals surface area contributed by atoms with Gasteiger partial charge in [0.05, 0.1) is 11.3 Å². The zero-order valence-corrected chi connectivity index (χ0v) is 12.9. The first kappa shape index (κ1) is 16.8. The third kappa shape index (κ3) is 2.82. The molecule has 0 unspecified atom stereocenters. The van der Waals surface area contributed by atoms with Gasteiger partial charge in [-0.3, -0.25) is 0 Å². The molecule has 0 aromatic carbocycles. The quantitative estimate of drug-likeness (QED) is 0.705. The Bertz CT molecular complexity index is 553. The summed E-state index contributed by atoms with van der Waals surface area (Å²) in [5.74, 6) is -1.17. The fourth-order valence-electron chi connectivity index (χ4n) is 2.62. The van der Waals surface area contributed by atoms with Crippen molar-refractivity contribution in [2.75, 3.05) is 7.11 Å². The monoisotopic (exact) mass is 315 g/mol. The van der Waals surface area contributed by atoms with Crippen LogP contribution < -0.4 is 4.84 Å². The lowest BCUT2D eigenvalue weighted by Gasteiger charge is -2.46. The topological polar surface area (TPSA) is 110 Å². The van der Waals surface area contributed by atoms with E-state index in [-0.39, 0.29) is 5.69 Å². The maximum Gasteiger partial charge on any atom is 0.355 e. The van der Waals surface area contributed by atoms with E-state index in [0.717, 1.165) is 4.73 Å². The van der Waals surface area contributed by atoms with Gasteiger partial charge in [-0.15, -0.1) is 0 Å². The minimum atomic E-state index is -1.39. The highest BCUT2D eigenvalue weighted by Crippen LogP contribution is 2.31. The highest BCUT2D eigenvalue weighted by Gasteiger charge is 2.51. The van der Waals surface area contributed by atoms with Crippen LogP contribution in [0, 0.1) is 6.92 Å². The summed E-state index contributed by atoms with van der Waals surface area (Å²) >= 11 is 0. The van der Waals surface area contributed by atoms with Gasteiger partial charge in [-0.25, -0.2) is 4.79 Å². The third-order valence-corrected chi connectivity index (χ3v) is 3.75. The molecule has 1 saturated heterocycles. The molecule has 3 N–H and O–H groups in total. The highest BCUT2D eigenvalue weighted by atomic mass is 16.8. The molecule has 124 valence electrons. The average molecular weight is 315 g/mol. The standard InChI is InChI=1S/C14H21NO7/c1-7-5-6-8(12(18)19)15(7)22-13-10(17)9(16)11(20-4)14(2,3)21-13/h5-6,9-11,13,16-17H,1-4H3,(H,18,19)/t9-,10-,11-,13-/m1/s1. The maximum atomic E-state index is 11.2. The lowest BCUT2D eigenvalue weighted by atomic mass is 9.90. The van der Waals surface area contributed by atoms with Crippen molar-refractivity contribution in [1.82, 2.24) is 4.73 Å². The number of nitrogens with zero attached hydrogens (tertiary/aromatic N) is 1. The second-order valence-electron chi connectivity index (χ2n) is 5.79. The minimum Gasteiger partial charge on any atom is -0.476 e. The van der Waals surface area contributed by atoms with E-state index in [1.165, 1.54) is 13.2 Å². The summed E-state index contributed by atoms with van der Waals surface area (Å²) in [5, 5.41) is 29.4. The van der Waals surface area contributed by atoms with Crippen LogP contribution in [0.15, 0.2) is 12.1 Å². The van der Waals surface area contributed by atoms with Gasteiger partial charge >= 0.3 is 5.97 Å². The van der Waals surface area contributed by atoms with E-state index in [0.29, 0.717) is 5.69 Å². The summed E-state index contributed by atoms with van der Waals surface area (Å²) in [6.07, 6.45) is -4.60. The molecule has 0 saturated carbocycles. The van der Waals surface area contributed by atoms with E-state index in [1.807, 2.05) is 0 Å². The first-order valence-electron chi connectivity index (χ1n) is 6.84. The Labute approximate surface area is 127 Å². The first-order valence-corrected chi connectivity index (χ1v) is 6.84. The molecule has 1 aliphatic rings. The highest BCUT2D eigenvalue weighted by molar-refractivity contribution is 5.85. The Morgan fingerprint density at radius 1 is 1.32 bits per heavy atom. The van der Waals surface area contributed by atoms with Crippen LogP contribution in [0.2, 0.25) is 0 Å². The molecular formula is C14H21NO7. The summed E-state index contributed by atoms with van der Waals surface area (Å²) in [5.41, 5.74) is -0.508. The van der Waals surface area contributed by atoms with E-state index in [2.05, 4.69) is 0 Å². The number of aliphatic hydroxyl groups excluding tert-OH is 2. The summed E-state index contributed by atoms with van der Waals surface area (Å²) in [6.45, 7) is 5.03. The van der Waals surface area contributed by atoms with Gasteiger partial charge in [0, 0.05) is 7.11 Å².